The third-order valence-electron chi connectivity index (χ3n) is 5.97. The van der Waals surface area contributed by atoms with Gasteiger partial charge in [-0.3, -0.25) is 4.79 Å². The van der Waals surface area contributed by atoms with Crippen LogP contribution in [0.3, 0.4) is 0 Å². The predicted octanol–water partition coefficient (Wildman–Crippen LogP) is 1.55. The van der Waals surface area contributed by atoms with Crippen molar-refractivity contribution in [1.29, 1.82) is 0 Å². The number of fused-ring (bicyclic) bond motifs is 1. The molecule has 31 heavy (non-hydrogen) atoms. The Morgan fingerprint density at radius 1 is 1.06 bits per heavy atom. The van der Waals surface area contributed by atoms with Crippen LogP contribution in [0.4, 0.5) is 4.39 Å². The van der Waals surface area contributed by atoms with E-state index in [2.05, 4.69) is 11.8 Å². The summed E-state index contributed by atoms with van der Waals surface area (Å²) in [5.74, 6) is 5.23. The van der Waals surface area contributed by atoms with Crippen molar-refractivity contribution in [1.82, 2.24) is 9.21 Å². The van der Waals surface area contributed by atoms with Gasteiger partial charge in [0, 0.05) is 23.6 Å². The van der Waals surface area contributed by atoms with Gasteiger partial charge in [0.2, 0.25) is 15.9 Å². The fraction of sp³-hybridized carbons (Fsp3) is 0.348. The standard InChI is InChI=1S/C23H23FN2O4S/c1-2-31(29,30)25-13-20-23(21(15-27)26(20)22(28)14-25)18-9-5-16(6-10-18)3-4-17-7-11-19(24)12-8-17/h5-12,20-21,23,27H,2,13-15H2,1H3/t20-,21+,23-/m1/s1. The zero-order valence-electron chi connectivity index (χ0n) is 17.0. The molecule has 2 heterocycles. The van der Waals surface area contributed by atoms with Crippen molar-refractivity contribution in [2.45, 2.75) is 24.9 Å². The predicted molar refractivity (Wildman–Crippen MR) is 114 cm³/mol. The summed E-state index contributed by atoms with van der Waals surface area (Å²) in [6.07, 6.45) is 0. The highest BCUT2D eigenvalue weighted by Gasteiger charge is 2.55. The molecule has 2 aromatic rings. The van der Waals surface area contributed by atoms with Crippen molar-refractivity contribution >= 4 is 15.9 Å². The van der Waals surface area contributed by atoms with Crippen LogP contribution in [-0.4, -0.2) is 66.2 Å². The van der Waals surface area contributed by atoms with Gasteiger partial charge in [-0.25, -0.2) is 12.8 Å². The molecule has 1 N–H and O–H groups in total. The molecule has 2 aliphatic rings. The molecular weight excluding hydrogens is 419 g/mol. The molecule has 0 aromatic heterocycles. The lowest BCUT2D eigenvalue weighted by atomic mass is 9.74. The smallest absolute Gasteiger partial charge is 0.238 e. The molecule has 4 rings (SSSR count). The number of rotatable bonds is 4. The van der Waals surface area contributed by atoms with Gasteiger partial charge in [0.1, 0.15) is 5.82 Å². The first-order valence-corrected chi connectivity index (χ1v) is 11.7. The van der Waals surface area contributed by atoms with Crippen LogP contribution in [0.5, 0.6) is 0 Å². The van der Waals surface area contributed by atoms with Crippen LogP contribution >= 0.6 is 0 Å². The van der Waals surface area contributed by atoms with E-state index < -0.39 is 10.0 Å². The number of nitrogens with zero attached hydrogens (tertiary/aromatic N) is 2. The number of hydrogen-bond acceptors (Lipinski definition) is 4. The first-order valence-electron chi connectivity index (χ1n) is 10.1. The van der Waals surface area contributed by atoms with Crippen molar-refractivity contribution in [3.8, 4) is 11.8 Å². The van der Waals surface area contributed by atoms with Gasteiger partial charge in [-0.1, -0.05) is 24.0 Å². The summed E-state index contributed by atoms with van der Waals surface area (Å²) in [7, 11) is -3.47. The maximum atomic E-state index is 13.0. The Morgan fingerprint density at radius 2 is 1.65 bits per heavy atom. The Labute approximate surface area is 181 Å². The van der Waals surface area contributed by atoms with E-state index in [9.17, 15) is 22.7 Å². The maximum Gasteiger partial charge on any atom is 0.238 e. The maximum absolute atomic E-state index is 13.0. The summed E-state index contributed by atoms with van der Waals surface area (Å²) in [5.41, 5.74) is 2.41. The van der Waals surface area contributed by atoms with Gasteiger partial charge in [-0.05, 0) is 48.9 Å². The minimum atomic E-state index is -3.47. The van der Waals surface area contributed by atoms with E-state index in [1.807, 2.05) is 24.3 Å². The van der Waals surface area contributed by atoms with Crippen molar-refractivity contribution in [3.05, 3.63) is 71.0 Å². The lowest BCUT2D eigenvalue weighted by Gasteiger charge is -2.58. The normalized spacial score (nSPS) is 23.5. The van der Waals surface area contributed by atoms with Crippen LogP contribution in [0.15, 0.2) is 48.5 Å². The number of aliphatic hydroxyl groups is 1. The molecule has 0 unspecified atom stereocenters. The molecule has 2 aromatic carbocycles. The second-order valence-corrected chi connectivity index (χ2v) is 9.97. The molecule has 0 saturated carbocycles. The number of carbonyl (C=O) groups excluding carboxylic acids is 1. The highest BCUT2D eigenvalue weighted by Crippen LogP contribution is 2.43. The minimum Gasteiger partial charge on any atom is -0.394 e. The molecule has 2 fully saturated rings. The van der Waals surface area contributed by atoms with Crippen LogP contribution in [0.2, 0.25) is 0 Å². The number of carbonyl (C=O) groups is 1. The second kappa shape index (κ2) is 8.42. The molecule has 1 amide bonds. The van der Waals surface area contributed by atoms with E-state index in [1.165, 1.54) is 16.4 Å². The van der Waals surface area contributed by atoms with E-state index in [0.717, 1.165) is 11.1 Å². The Morgan fingerprint density at radius 3 is 2.19 bits per heavy atom. The summed E-state index contributed by atoms with van der Waals surface area (Å²) in [6, 6.07) is 12.8. The van der Waals surface area contributed by atoms with Crippen molar-refractivity contribution < 1.29 is 22.7 Å². The summed E-state index contributed by atoms with van der Waals surface area (Å²) in [4.78, 5) is 14.2. The van der Waals surface area contributed by atoms with E-state index >= 15 is 0 Å². The molecule has 0 aliphatic carbocycles. The molecule has 162 valence electrons. The fourth-order valence-corrected chi connectivity index (χ4v) is 5.38. The first kappa shape index (κ1) is 21.5. The number of hydrogen-bond donors (Lipinski definition) is 1. The van der Waals surface area contributed by atoms with Gasteiger partial charge in [0.05, 0.1) is 31.0 Å². The quantitative estimate of drug-likeness (QED) is 0.729. The lowest BCUT2D eigenvalue weighted by Crippen LogP contribution is -2.73. The van der Waals surface area contributed by atoms with Crippen molar-refractivity contribution in [2.75, 3.05) is 25.4 Å². The molecule has 3 atom stereocenters. The average Bonchev–Trinajstić information content (AvgIpc) is 2.75. The third-order valence-corrected chi connectivity index (χ3v) is 7.76. The SMILES string of the molecule is CCS(=O)(=O)N1CC(=O)N2[C@H](C1)[C@@H](c1ccc(C#Cc3ccc(F)cc3)cc1)[C@@H]2CO. The molecular formula is C23H23FN2O4S. The number of halogens is 1. The number of amides is 1. The van der Waals surface area contributed by atoms with Crippen LogP contribution in [0.1, 0.15) is 29.5 Å². The largest absolute Gasteiger partial charge is 0.394 e. The summed E-state index contributed by atoms with van der Waals surface area (Å²) in [6.45, 7) is 1.44. The Balaban J connectivity index is 1.54. The van der Waals surface area contributed by atoms with Crippen LogP contribution < -0.4 is 0 Å². The molecule has 8 heteroatoms. The number of benzene rings is 2. The van der Waals surface area contributed by atoms with Crippen molar-refractivity contribution in [2.24, 2.45) is 0 Å². The Hall–Kier alpha value is -2.73. The molecule has 0 spiro atoms. The Bertz CT molecular complexity index is 1140. The number of sulfonamides is 1. The summed E-state index contributed by atoms with van der Waals surface area (Å²) >= 11 is 0. The molecule has 0 bridgehead atoms. The zero-order chi connectivity index (χ0) is 22.2. The van der Waals surface area contributed by atoms with Gasteiger partial charge >= 0.3 is 0 Å². The topological polar surface area (TPSA) is 77.9 Å². The van der Waals surface area contributed by atoms with Crippen LogP contribution in [-0.2, 0) is 14.8 Å². The Kier molecular flexibility index (Phi) is 5.84. The van der Waals surface area contributed by atoms with Crippen molar-refractivity contribution in [3.63, 3.8) is 0 Å². The summed E-state index contributed by atoms with van der Waals surface area (Å²) < 4.78 is 38.8. The molecule has 6 nitrogen and oxygen atoms in total. The van der Waals surface area contributed by atoms with Gasteiger partial charge in [-0.2, -0.15) is 4.31 Å². The third kappa shape index (κ3) is 4.09. The van der Waals surface area contributed by atoms with Gasteiger partial charge in [-0.15, -0.1) is 0 Å². The highest BCUT2D eigenvalue weighted by atomic mass is 32.2. The highest BCUT2D eigenvalue weighted by molar-refractivity contribution is 7.89. The van der Waals surface area contributed by atoms with Crippen LogP contribution in [0, 0.1) is 17.7 Å². The van der Waals surface area contributed by atoms with E-state index in [-0.39, 0.29) is 55.2 Å². The number of aliphatic hydroxyl groups excluding tert-OH is 1. The lowest BCUT2D eigenvalue weighted by molar-refractivity contribution is -0.158. The molecule has 2 saturated heterocycles. The van der Waals surface area contributed by atoms with Gasteiger partial charge in [0.15, 0.2) is 0 Å². The van der Waals surface area contributed by atoms with Gasteiger partial charge < -0.3 is 10.0 Å². The zero-order valence-corrected chi connectivity index (χ0v) is 17.8. The second-order valence-electron chi connectivity index (χ2n) is 7.72. The van der Waals surface area contributed by atoms with E-state index in [0.29, 0.717) is 5.56 Å². The number of piperazine rings is 1. The minimum absolute atomic E-state index is 0.0531. The van der Waals surface area contributed by atoms with E-state index in [1.54, 1.807) is 24.0 Å². The molecule has 0 radical (unpaired) electrons. The first-order chi connectivity index (χ1) is 14.8. The van der Waals surface area contributed by atoms with E-state index in [4.69, 9.17) is 0 Å². The van der Waals surface area contributed by atoms with Crippen LogP contribution in [0.25, 0.3) is 0 Å². The fourth-order valence-electron chi connectivity index (χ4n) is 4.33. The average molecular weight is 443 g/mol. The van der Waals surface area contributed by atoms with Gasteiger partial charge in [0.25, 0.3) is 0 Å². The monoisotopic (exact) mass is 442 g/mol. The molecule has 2 aliphatic heterocycles. The summed E-state index contributed by atoms with van der Waals surface area (Å²) in [5, 5.41) is 9.86.